The van der Waals surface area contributed by atoms with Crippen molar-refractivity contribution in [3.05, 3.63) is 12.2 Å². The monoisotopic (exact) mass is 147 g/mol. The highest BCUT2D eigenvalue weighted by atomic mass is 14.8. The second-order valence-corrected chi connectivity index (χ2v) is 4.36. The van der Waals surface area contributed by atoms with Gasteiger partial charge in [-0.1, -0.05) is 19.1 Å². The molecule has 1 fully saturated rings. The molecule has 11 heavy (non-hydrogen) atoms. The molecule has 0 N–H and O–H groups in total. The van der Waals surface area contributed by atoms with E-state index in [0.717, 1.165) is 24.3 Å². The summed E-state index contributed by atoms with van der Waals surface area (Å²) < 4.78 is 0. The van der Waals surface area contributed by atoms with Crippen molar-refractivity contribution >= 4 is 6.21 Å². The van der Waals surface area contributed by atoms with Gasteiger partial charge in [0.05, 0.1) is 0 Å². The molecular weight excluding hydrogens is 134 g/mol. The second kappa shape index (κ2) is 1.60. The van der Waals surface area contributed by atoms with E-state index in [2.05, 4.69) is 30.3 Å². The van der Waals surface area contributed by atoms with Crippen molar-refractivity contribution in [2.45, 2.75) is 13.3 Å². The Kier molecular flexibility index (Phi) is 0.869. The SMILES string of the molecule is C[C@@]12C=NC[C@@H]1[C@@H]1C=C[C@H]2C1. The minimum absolute atomic E-state index is 0.444. The molecule has 4 atom stereocenters. The summed E-state index contributed by atoms with van der Waals surface area (Å²) >= 11 is 0. The molecular formula is C10H13N. The van der Waals surface area contributed by atoms with E-state index < -0.39 is 0 Å². The molecule has 1 nitrogen and oxygen atoms in total. The van der Waals surface area contributed by atoms with Gasteiger partial charge in [-0.15, -0.1) is 0 Å². The van der Waals surface area contributed by atoms with E-state index in [0.29, 0.717) is 5.41 Å². The summed E-state index contributed by atoms with van der Waals surface area (Å²) in [6, 6.07) is 0. The molecule has 1 heterocycles. The van der Waals surface area contributed by atoms with Crippen molar-refractivity contribution in [1.29, 1.82) is 0 Å². The zero-order valence-corrected chi connectivity index (χ0v) is 6.83. The van der Waals surface area contributed by atoms with Gasteiger partial charge in [-0.3, -0.25) is 4.99 Å². The number of rotatable bonds is 0. The van der Waals surface area contributed by atoms with Gasteiger partial charge in [-0.05, 0) is 24.2 Å². The quantitative estimate of drug-likeness (QED) is 0.464. The van der Waals surface area contributed by atoms with Crippen LogP contribution in [0.25, 0.3) is 0 Å². The average molecular weight is 147 g/mol. The molecule has 0 aromatic rings. The van der Waals surface area contributed by atoms with E-state index in [1.165, 1.54) is 6.42 Å². The van der Waals surface area contributed by atoms with Crippen LogP contribution < -0.4 is 0 Å². The second-order valence-electron chi connectivity index (χ2n) is 4.36. The first-order valence-corrected chi connectivity index (χ1v) is 4.50. The maximum atomic E-state index is 4.42. The Morgan fingerprint density at radius 3 is 3.18 bits per heavy atom. The van der Waals surface area contributed by atoms with Crippen LogP contribution in [-0.4, -0.2) is 12.8 Å². The summed E-state index contributed by atoms with van der Waals surface area (Å²) in [6.45, 7) is 3.46. The molecule has 0 aromatic heterocycles. The maximum absolute atomic E-state index is 4.42. The fourth-order valence-corrected chi connectivity index (χ4v) is 3.11. The highest BCUT2D eigenvalue weighted by molar-refractivity contribution is 5.71. The number of fused-ring (bicyclic) bond motifs is 5. The zero-order chi connectivity index (χ0) is 7.47. The van der Waals surface area contributed by atoms with Gasteiger partial charge >= 0.3 is 0 Å². The zero-order valence-electron chi connectivity index (χ0n) is 6.83. The smallest absolute Gasteiger partial charge is 0.0428 e. The lowest BCUT2D eigenvalue weighted by atomic mass is 9.72. The van der Waals surface area contributed by atoms with Crippen molar-refractivity contribution in [3.63, 3.8) is 0 Å². The van der Waals surface area contributed by atoms with Gasteiger partial charge in [0.1, 0.15) is 0 Å². The molecule has 3 rings (SSSR count). The molecule has 1 aliphatic heterocycles. The molecule has 0 unspecified atom stereocenters. The predicted molar refractivity (Wildman–Crippen MR) is 45.7 cm³/mol. The van der Waals surface area contributed by atoms with Gasteiger partial charge in [0.15, 0.2) is 0 Å². The molecule has 0 aromatic carbocycles. The molecule has 2 bridgehead atoms. The number of nitrogens with zero attached hydrogens (tertiary/aromatic N) is 1. The van der Waals surface area contributed by atoms with Crippen LogP contribution in [0.4, 0.5) is 0 Å². The van der Waals surface area contributed by atoms with Gasteiger partial charge in [0, 0.05) is 18.2 Å². The molecule has 0 radical (unpaired) electrons. The molecule has 2 aliphatic carbocycles. The van der Waals surface area contributed by atoms with Gasteiger partial charge < -0.3 is 0 Å². The van der Waals surface area contributed by atoms with Crippen LogP contribution in [0.15, 0.2) is 17.1 Å². The third-order valence-corrected chi connectivity index (χ3v) is 3.90. The highest BCUT2D eigenvalue weighted by Gasteiger charge is 2.53. The Balaban J connectivity index is 2.11. The van der Waals surface area contributed by atoms with Crippen molar-refractivity contribution < 1.29 is 0 Å². The molecule has 0 spiro atoms. The minimum Gasteiger partial charge on any atom is -0.297 e. The number of aliphatic imine (C=N–C) groups is 1. The summed E-state index contributed by atoms with van der Waals surface area (Å²) in [5.74, 6) is 2.51. The fourth-order valence-electron chi connectivity index (χ4n) is 3.11. The Bertz CT molecular complexity index is 254. The summed E-state index contributed by atoms with van der Waals surface area (Å²) in [7, 11) is 0. The minimum atomic E-state index is 0.444. The van der Waals surface area contributed by atoms with Crippen molar-refractivity contribution in [2.75, 3.05) is 6.54 Å². The summed E-state index contributed by atoms with van der Waals surface area (Å²) in [5, 5.41) is 0. The Morgan fingerprint density at radius 1 is 1.45 bits per heavy atom. The van der Waals surface area contributed by atoms with Gasteiger partial charge in [-0.25, -0.2) is 0 Å². The lowest BCUT2D eigenvalue weighted by Gasteiger charge is -2.29. The molecule has 58 valence electrons. The first-order valence-electron chi connectivity index (χ1n) is 4.50. The van der Waals surface area contributed by atoms with Crippen LogP contribution >= 0.6 is 0 Å². The molecule has 3 aliphatic rings. The van der Waals surface area contributed by atoms with Gasteiger partial charge in [0.25, 0.3) is 0 Å². The van der Waals surface area contributed by atoms with Crippen molar-refractivity contribution in [3.8, 4) is 0 Å². The van der Waals surface area contributed by atoms with E-state index in [1.54, 1.807) is 0 Å². The fraction of sp³-hybridized carbons (Fsp3) is 0.700. The number of hydrogen-bond donors (Lipinski definition) is 0. The topological polar surface area (TPSA) is 12.4 Å². The third-order valence-electron chi connectivity index (χ3n) is 3.90. The highest BCUT2D eigenvalue weighted by Crippen LogP contribution is 2.56. The normalized spacial score (nSPS) is 57.4. The first-order chi connectivity index (χ1) is 5.31. The van der Waals surface area contributed by atoms with Crippen molar-refractivity contribution in [2.24, 2.45) is 28.2 Å². The van der Waals surface area contributed by atoms with E-state index in [1.807, 2.05) is 0 Å². The molecule has 1 saturated carbocycles. The molecule has 0 amide bonds. The lowest BCUT2D eigenvalue weighted by Crippen LogP contribution is -2.30. The average Bonchev–Trinajstić information content (AvgIpc) is 2.54. The lowest BCUT2D eigenvalue weighted by molar-refractivity contribution is 0.297. The summed E-state index contributed by atoms with van der Waals surface area (Å²) in [6.07, 6.45) is 8.42. The van der Waals surface area contributed by atoms with Crippen LogP contribution in [-0.2, 0) is 0 Å². The van der Waals surface area contributed by atoms with E-state index in [9.17, 15) is 0 Å². The van der Waals surface area contributed by atoms with Crippen LogP contribution in [0.3, 0.4) is 0 Å². The molecule has 0 saturated heterocycles. The summed E-state index contributed by atoms with van der Waals surface area (Å²) in [4.78, 5) is 4.42. The molecule has 1 heteroatoms. The van der Waals surface area contributed by atoms with E-state index in [4.69, 9.17) is 0 Å². The van der Waals surface area contributed by atoms with Crippen LogP contribution in [0.1, 0.15) is 13.3 Å². The number of hydrogen-bond acceptors (Lipinski definition) is 1. The van der Waals surface area contributed by atoms with E-state index in [-0.39, 0.29) is 0 Å². The van der Waals surface area contributed by atoms with Crippen LogP contribution in [0, 0.1) is 23.2 Å². The van der Waals surface area contributed by atoms with Gasteiger partial charge in [0.2, 0.25) is 0 Å². The van der Waals surface area contributed by atoms with E-state index >= 15 is 0 Å². The Hall–Kier alpha value is -0.590. The number of allylic oxidation sites excluding steroid dienone is 2. The Morgan fingerprint density at radius 2 is 2.36 bits per heavy atom. The van der Waals surface area contributed by atoms with Crippen LogP contribution in [0.2, 0.25) is 0 Å². The Labute approximate surface area is 67.2 Å². The first kappa shape index (κ1) is 5.99. The van der Waals surface area contributed by atoms with Crippen molar-refractivity contribution in [1.82, 2.24) is 0 Å². The summed E-state index contributed by atoms with van der Waals surface area (Å²) in [5.41, 5.74) is 0.444. The predicted octanol–water partition coefficient (Wildman–Crippen LogP) is 1.90. The largest absolute Gasteiger partial charge is 0.297 e. The van der Waals surface area contributed by atoms with Gasteiger partial charge in [-0.2, -0.15) is 0 Å². The maximum Gasteiger partial charge on any atom is 0.0428 e. The standard InChI is InChI=1S/C10H13N/c1-10-6-11-5-9(10)7-2-3-8(10)4-7/h2-3,6-9H,4-5H2,1H3/t7-,8+,9-,10+/m1/s1. The van der Waals surface area contributed by atoms with Crippen LogP contribution in [0.5, 0.6) is 0 Å². The third kappa shape index (κ3) is 0.524.